The summed E-state index contributed by atoms with van der Waals surface area (Å²) in [5.74, 6) is 3.48. The van der Waals surface area contributed by atoms with Gasteiger partial charge >= 0.3 is 0 Å². The Kier molecular flexibility index (Phi) is 4.94. The van der Waals surface area contributed by atoms with Crippen molar-refractivity contribution in [2.24, 2.45) is 0 Å². The SMILES string of the molecule is CC1([Si](C)(C)C)c2cc(Oc3ccccc3)ccc2-c2ccc(Oc3ccccc3)cc21. The topological polar surface area (TPSA) is 18.5 Å². The number of ether oxygens (including phenoxy) is 2. The van der Waals surface area contributed by atoms with Crippen molar-refractivity contribution in [3.05, 3.63) is 108 Å². The third-order valence-corrected chi connectivity index (χ3v) is 10.3. The predicted octanol–water partition coefficient (Wildman–Crippen LogP) is 8.44. The Bertz CT molecular complexity index is 1170. The number of hydrogen-bond acceptors (Lipinski definition) is 2. The van der Waals surface area contributed by atoms with E-state index in [1.807, 2.05) is 60.7 Å². The van der Waals surface area contributed by atoms with E-state index in [2.05, 4.69) is 63.0 Å². The highest BCUT2D eigenvalue weighted by atomic mass is 28.3. The largest absolute Gasteiger partial charge is 0.457 e. The highest BCUT2D eigenvalue weighted by Gasteiger charge is 2.48. The summed E-state index contributed by atoms with van der Waals surface area (Å²) in [4.78, 5) is 0. The average molecular weight is 437 g/mol. The molecule has 1 aliphatic rings. The fourth-order valence-electron chi connectivity index (χ4n) is 4.67. The van der Waals surface area contributed by atoms with Crippen LogP contribution in [0.2, 0.25) is 19.6 Å². The molecule has 0 amide bonds. The Labute approximate surface area is 191 Å². The monoisotopic (exact) mass is 436 g/mol. The smallest absolute Gasteiger partial charge is 0.127 e. The lowest BCUT2D eigenvalue weighted by Gasteiger charge is -2.39. The maximum absolute atomic E-state index is 6.20. The van der Waals surface area contributed by atoms with Crippen molar-refractivity contribution in [3.8, 4) is 34.1 Å². The third kappa shape index (κ3) is 3.43. The summed E-state index contributed by atoms with van der Waals surface area (Å²) in [6.07, 6.45) is 0. The first-order valence-electron chi connectivity index (χ1n) is 11.1. The molecule has 0 aromatic heterocycles. The van der Waals surface area contributed by atoms with Crippen LogP contribution in [0.4, 0.5) is 0 Å². The predicted molar refractivity (Wildman–Crippen MR) is 135 cm³/mol. The molecular weight excluding hydrogens is 408 g/mol. The molecule has 32 heavy (non-hydrogen) atoms. The van der Waals surface area contributed by atoms with Crippen LogP contribution in [-0.2, 0) is 5.04 Å². The molecule has 0 heterocycles. The minimum atomic E-state index is -1.69. The van der Waals surface area contributed by atoms with E-state index in [0.29, 0.717) is 0 Å². The summed E-state index contributed by atoms with van der Waals surface area (Å²) in [6.45, 7) is 9.74. The zero-order valence-corrected chi connectivity index (χ0v) is 20.1. The first kappa shape index (κ1) is 20.6. The number of hydrogen-bond donors (Lipinski definition) is 0. The first-order valence-corrected chi connectivity index (χ1v) is 14.6. The van der Waals surface area contributed by atoms with Crippen molar-refractivity contribution in [2.75, 3.05) is 0 Å². The summed E-state index contributed by atoms with van der Waals surface area (Å²) in [6, 6.07) is 33.1. The summed E-state index contributed by atoms with van der Waals surface area (Å²) in [7, 11) is -1.69. The van der Waals surface area contributed by atoms with E-state index in [1.54, 1.807) is 0 Å². The van der Waals surface area contributed by atoms with Gasteiger partial charge < -0.3 is 9.47 Å². The van der Waals surface area contributed by atoms with Crippen LogP contribution >= 0.6 is 0 Å². The lowest BCUT2D eigenvalue weighted by molar-refractivity contribution is 0.480. The lowest BCUT2D eigenvalue weighted by Crippen LogP contribution is -2.46. The Balaban J connectivity index is 1.59. The van der Waals surface area contributed by atoms with Crippen LogP contribution in [0.5, 0.6) is 23.0 Å². The Morgan fingerprint density at radius 2 is 0.938 bits per heavy atom. The number of fused-ring (bicyclic) bond motifs is 3. The molecule has 0 bridgehead atoms. The van der Waals surface area contributed by atoms with Crippen molar-refractivity contribution in [1.82, 2.24) is 0 Å². The minimum absolute atomic E-state index is 0.0518. The molecule has 0 unspecified atom stereocenters. The van der Waals surface area contributed by atoms with Gasteiger partial charge in [0, 0.05) is 5.04 Å². The minimum Gasteiger partial charge on any atom is -0.457 e. The van der Waals surface area contributed by atoms with E-state index in [4.69, 9.17) is 9.47 Å². The van der Waals surface area contributed by atoms with Crippen LogP contribution in [0, 0.1) is 0 Å². The highest BCUT2D eigenvalue weighted by molar-refractivity contribution is 6.80. The Morgan fingerprint density at radius 3 is 1.31 bits per heavy atom. The quantitative estimate of drug-likeness (QED) is 0.292. The van der Waals surface area contributed by atoms with Gasteiger partial charge in [-0.25, -0.2) is 0 Å². The number of rotatable bonds is 5. The summed E-state index contributed by atoms with van der Waals surface area (Å²) in [5.41, 5.74) is 5.32. The van der Waals surface area contributed by atoms with E-state index < -0.39 is 8.07 Å². The first-order chi connectivity index (χ1) is 15.4. The van der Waals surface area contributed by atoms with Gasteiger partial charge in [-0.1, -0.05) is 75.1 Å². The van der Waals surface area contributed by atoms with Crippen molar-refractivity contribution in [1.29, 1.82) is 0 Å². The second kappa shape index (κ2) is 7.68. The molecule has 0 aliphatic heterocycles. The van der Waals surface area contributed by atoms with Crippen LogP contribution in [0.1, 0.15) is 18.1 Å². The second-order valence-corrected chi connectivity index (χ2v) is 15.1. The van der Waals surface area contributed by atoms with Crippen molar-refractivity contribution in [3.63, 3.8) is 0 Å². The second-order valence-electron chi connectivity index (χ2n) is 9.62. The van der Waals surface area contributed by atoms with Crippen LogP contribution in [0.25, 0.3) is 11.1 Å². The molecule has 0 atom stereocenters. The number of para-hydroxylation sites is 2. The van der Waals surface area contributed by atoms with Crippen LogP contribution < -0.4 is 9.47 Å². The van der Waals surface area contributed by atoms with E-state index in [9.17, 15) is 0 Å². The van der Waals surface area contributed by atoms with Crippen molar-refractivity contribution in [2.45, 2.75) is 31.6 Å². The molecule has 0 radical (unpaired) electrons. The maximum atomic E-state index is 6.20. The van der Waals surface area contributed by atoms with Gasteiger partial charge in [0.25, 0.3) is 0 Å². The zero-order valence-electron chi connectivity index (χ0n) is 19.1. The van der Waals surface area contributed by atoms with Gasteiger partial charge in [0.05, 0.1) is 8.07 Å². The molecule has 0 saturated carbocycles. The van der Waals surface area contributed by atoms with E-state index in [0.717, 1.165) is 23.0 Å². The number of benzene rings is 4. The molecular formula is C29H28O2Si. The molecule has 0 N–H and O–H groups in total. The summed E-state index contributed by atoms with van der Waals surface area (Å²) >= 11 is 0. The van der Waals surface area contributed by atoms with Crippen LogP contribution in [0.3, 0.4) is 0 Å². The molecule has 4 aromatic rings. The molecule has 0 spiro atoms. The molecule has 2 nitrogen and oxygen atoms in total. The normalized spacial score (nSPS) is 13.9. The fourth-order valence-corrected chi connectivity index (χ4v) is 6.70. The molecule has 5 rings (SSSR count). The maximum Gasteiger partial charge on any atom is 0.127 e. The average Bonchev–Trinajstić information content (AvgIpc) is 3.04. The summed E-state index contributed by atoms with van der Waals surface area (Å²) in [5, 5.41) is -0.0518. The highest BCUT2D eigenvalue weighted by Crippen LogP contribution is 2.55. The Hall–Kier alpha value is -3.30. The molecule has 4 aromatic carbocycles. The van der Waals surface area contributed by atoms with Gasteiger partial charge in [-0.3, -0.25) is 0 Å². The molecule has 160 valence electrons. The zero-order chi connectivity index (χ0) is 22.3. The molecule has 0 fully saturated rings. The van der Waals surface area contributed by atoms with Crippen molar-refractivity contribution < 1.29 is 9.47 Å². The molecule has 3 heteroatoms. The standard InChI is InChI=1S/C29H28O2Si/c1-29(32(2,3)4)27-19-23(30-21-11-7-5-8-12-21)15-17-25(27)26-18-16-24(20-28(26)29)31-22-13-9-6-10-14-22/h5-20H,1-4H3. The van der Waals surface area contributed by atoms with E-state index in [-0.39, 0.29) is 5.04 Å². The lowest BCUT2D eigenvalue weighted by atomic mass is 9.97. The van der Waals surface area contributed by atoms with Gasteiger partial charge in [0.2, 0.25) is 0 Å². The van der Waals surface area contributed by atoms with E-state index >= 15 is 0 Å². The van der Waals surface area contributed by atoms with Gasteiger partial charge in [0.1, 0.15) is 23.0 Å². The Morgan fingerprint density at radius 1 is 0.531 bits per heavy atom. The fraction of sp³-hybridized carbons (Fsp3) is 0.172. The van der Waals surface area contributed by atoms with E-state index in [1.165, 1.54) is 22.3 Å². The van der Waals surface area contributed by atoms with Crippen molar-refractivity contribution >= 4 is 8.07 Å². The summed E-state index contributed by atoms with van der Waals surface area (Å²) < 4.78 is 12.4. The van der Waals surface area contributed by atoms with Gasteiger partial charge in [-0.05, 0) is 70.8 Å². The van der Waals surface area contributed by atoms with Crippen LogP contribution in [-0.4, -0.2) is 8.07 Å². The van der Waals surface area contributed by atoms with Crippen LogP contribution in [0.15, 0.2) is 97.1 Å². The van der Waals surface area contributed by atoms with Gasteiger partial charge in [0.15, 0.2) is 0 Å². The van der Waals surface area contributed by atoms with Gasteiger partial charge in [-0.15, -0.1) is 0 Å². The van der Waals surface area contributed by atoms with Gasteiger partial charge in [-0.2, -0.15) is 0 Å². The molecule has 0 saturated heterocycles. The third-order valence-electron chi connectivity index (χ3n) is 6.81. The molecule has 1 aliphatic carbocycles.